The van der Waals surface area contributed by atoms with Crippen LogP contribution in [0.4, 0.5) is 10.1 Å². The number of nitrogens with zero attached hydrogens (tertiary/aromatic N) is 1. The number of hydrogen-bond donors (Lipinski definition) is 3. The van der Waals surface area contributed by atoms with E-state index in [1.165, 1.54) is 36.4 Å². The third-order valence-electron chi connectivity index (χ3n) is 4.04. The zero-order chi connectivity index (χ0) is 18.9. The average Bonchev–Trinajstić information content (AvgIpc) is 2.60. The molecule has 0 unspecified atom stereocenters. The number of anilines is 1. The molecule has 138 valence electrons. The largest absolute Gasteiger partial charge is 0.392 e. The Morgan fingerprint density at radius 2 is 1.96 bits per heavy atom. The fraction of sp³-hybridized carbons (Fsp3) is 0.235. The van der Waals surface area contributed by atoms with Crippen LogP contribution in [0.15, 0.2) is 47.4 Å². The second-order valence-electron chi connectivity index (χ2n) is 5.92. The minimum atomic E-state index is -3.77. The Labute approximate surface area is 149 Å². The fourth-order valence-electron chi connectivity index (χ4n) is 2.54. The smallest absolute Gasteiger partial charge is 0.255 e. The highest BCUT2D eigenvalue weighted by Crippen LogP contribution is 2.23. The van der Waals surface area contributed by atoms with Crippen molar-refractivity contribution in [3.63, 3.8) is 0 Å². The fourth-order valence-corrected chi connectivity index (χ4v) is 4.10. The number of carbonyl (C=O) groups is 1. The number of halogens is 1. The van der Waals surface area contributed by atoms with Crippen LogP contribution in [0.1, 0.15) is 15.9 Å². The predicted octanol–water partition coefficient (Wildman–Crippen LogP) is 0.936. The first-order chi connectivity index (χ1) is 12.3. The topological polar surface area (TPSA) is 107 Å². The van der Waals surface area contributed by atoms with Crippen LogP contribution in [0.2, 0.25) is 0 Å². The van der Waals surface area contributed by atoms with Gasteiger partial charge in [0.15, 0.2) is 0 Å². The molecular formula is C17H17FN2O5S. The summed E-state index contributed by atoms with van der Waals surface area (Å²) in [5.41, 5.74) is 0.428. The van der Waals surface area contributed by atoms with E-state index in [1.807, 2.05) is 0 Å². The van der Waals surface area contributed by atoms with E-state index in [9.17, 15) is 22.7 Å². The van der Waals surface area contributed by atoms with Crippen molar-refractivity contribution in [1.29, 1.82) is 0 Å². The van der Waals surface area contributed by atoms with Crippen molar-refractivity contribution in [2.45, 2.75) is 17.6 Å². The monoisotopic (exact) mass is 380 g/mol. The summed E-state index contributed by atoms with van der Waals surface area (Å²) in [6, 6.07) is 9.28. The van der Waals surface area contributed by atoms with Gasteiger partial charge in [0.1, 0.15) is 5.82 Å². The molecule has 1 aliphatic rings. The van der Waals surface area contributed by atoms with Gasteiger partial charge in [0.05, 0.1) is 17.6 Å². The lowest BCUT2D eigenvalue weighted by Crippen LogP contribution is -2.53. The number of aliphatic hydroxyl groups is 2. The van der Waals surface area contributed by atoms with E-state index in [0.717, 1.165) is 10.4 Å². The number of benzene rings is 2. The lowest BCUT2D eigenvalue weighted by molar-refractivity contribution is 0.0548. The molecule has 1 saturated heterocycles. The van der Waals surface area contributed by atoms with Gasteiger partial charge in [-0.25, -0.2) is 12.8 Å². The van der Waals surface area contributed by atoms with Crippen molar-refractivity contribution in [2.75, 3.05) is 18.4 Å². The summed E-state index contributed by atoms with van der Waals surface area (Å²) in [6.45, 7) is -0.457. The van der Waals surface area contributed by atoms with E-state index in [1.54, 1.807) is 0 Å². The number of carbonyl (C=O) groups excluding carboxylic acids is 1. The highest BCUT2D eigenvalue weighted by atomic mass is 32.2. The van der Waals surface area contributed by atoms with Gasteiger partial charge in [0.25, 0.3) is 5.91 Å². The molecule has 1 heterocycles. The molecule has 0 aliphatic carbocycles. The van der Waals surface area contributed by atoms with Crippen LogP contribution in [0.25, 0.3) is 0 Å². The molecule has 0 aromatic heterocycles. The highest BCUT2D eigenvalue weighted by molar-refractivity contribution is 7.89. The van der Waals surface area contributed by atoms with Crippen molar-refractivity contribution in [3.8, 4) is 0 Å². The molecule has 0 radical (unpaired) electrons. The molecular weight excluding hydrogens is 363 g/mol. The highest BCUT2D eigenvalue weighted by Gasteiger charge is 2.35. The zero-order valence-electron chi connectivity index (χ0n) is 13.6. The quantitative estimate of drug-likeness (QED) is 0.716. The number of hydrogen-bond acceptors (Lipinski definition) is 5. The molecule has 2 aromatic rings. The molecule has 1 aliphatic heterocycles. The van der Waals surface area contributed by atoms with E-state index in [2.05, 4.69) is 5.32 Å². The van der Waals surface area contributed by atoms with Gasteiger partial charge < -0.3 is 15.5 Å². The summed E-state index contributed by atoms with van der Waals surface area (Å²) < 4.78 is 39.4. The zero-order valence-corrected chi connectivity index (χ0v) is 14.4. The van der Waals surface area contributed by atoms with Crippen LogP contribution in [0.5, 0.6) is 0 Å². The third-order valence-corrected chi connectivity index (χ3v) is 5.86. The maximum absolute atomic E-state index is 13.4. The Bertz CT molecular complexity index is 942. The van der Waals surface area contributed by atoms with Gasteiger partial charge in [-0.1, -0.05) is 6.07 Å². The Morgan fingerprint density at radius 3 is 2.62 bits per heavy atom. The Morgan fingerprint density at radius 1 is 1.23 bits per heavy atom. The summed E-state index contributed by atoms with van der Waals surface area (Å²) in [5, 5.41) is 20.9. The molecule has 0 atom stereocenters. The molecule has 26 heavy (non-hydrogen) atoms. The second-order valence-corrected chi connectivity index (χ2v) is 7.86. The van der Waals surface area contributed by atoms with Crippen LogP contribution in [-0.2, 0) is 16.6 Å². The van der Waals surface area contributed by atoms with E-state index in [0.29, 0.717) is 0 Å². The molecule has 1 fully saturated rings. The molecule has 7 nitrogen and oxygen atoms in total. The van der Waals surface area contributed by atoms with Gasteiger partial charge >= 0.3 is 0 Å². The van der Waals surface area contributed by atoms with Crippen LogP contribution >= 0.6 is 0 Å². The van der Waals surface area contributed by atoms with Crippen molar-refractivity contribution >= 4 is 21.6 Å². The van der Waals surface area contributed by atoms with Gasteiger partial charge in [-0.2, -0.15) is 4.31 Å². The Balaban J connectivity index is 1.80. The molecule has 0 spiro atoms. The van der Waals surface area contributed by atoms with Gasteiger partial charge in [-0.3, -0.25) is 4.79 Å². The molecule has 3 rings (SSSR count). The summed E-state index contributed by atoms with van der Waals surface area (Å²) in [6.07, 6.45) is -0.671. The van der Waals surface area contributed by atoms with Gasteiger partial charge in [0.2, 0.25) is 10.0 Å². The number of β-amino-alcohol motifs (C(OH)–C–C–N with tert-alkyl or cyclic N) is 1. The summed E-state index contributed by atoms with van der Waals surface area (Å²) >= 11 is 0. The van der Waals surface area contributed by atoms with Gasteiger partial charge in [-0.05, 0) is 36.4 Å². The van der Waals surface area contributed by atoms with Crippen molar-refractivity contribution in [2.24, 2.45) is 0 Å². The summed E-state index contributed by atoms with van der Waals surface area (Å²) in [7, 11) is -3.77. The summed E-state index contributed by atoms with van der Waals surface area (Å²) in [5.74, 6) is -1.16. The molecule has 1 amide bonds. The van der Waals surface area contributed by atoms with Crippen molar-refractivity contribution in [3.05, 3.63) is 59.4 Å². The van der Waals surface area contributed by atoms with Crippen molar-refractivity contribution < 1.29 is 27.8 Å². The first-order valence-electron chi connectivity index (χ1n) is 7.80. The normalized spacial score (nSPS) is 15.5. The Kier molecular flexibility index (Phi) is 5.05. The number of amides is 1. The molecule has 0 bridgehead atoms. The maximum atomic E-state index is 13.4. The lowest BCUT2D eigenvalue weighted by Gasteiger charge is -2.34. The molecule has 2 aromatic carbocycles. The van der Waals surface area contributed by atoms with E-state index < -0.39 is 34.5 Å². The minimum Gasteiger partial charge on any atom is -0.392 e. The SMILES string of the molecule is O=C(Nc1ccc(F)c(CO)c1)c1cccc(S(=O)(=O)N2CC(O)C2)c1. The maximum Gasteiger partial charge on any atom is 0.255 e. The number of aliphatic hydroxyl groups excluding tert-OH is 2. The number of sulfonamides is 1. The molecule has 9 heteroatoms. The standard InChI is InChI=1S/C17H17FN2O5S/c18-16-5-4-13(6-12(16)10-21)19-17(23)11-2-1-3-15(7-11)26(24,25)20-8-14(22)9-20/h1-7,14,21-22H,8-10H2,(H,19,23). The van der Waals surface area contributed by atoms with Crippen LogP contribution in [-0.4, -0.2) is 48.0 Å². The van der Waals surface area contributed by atoms with Crippen LogP contribution in [0, 0.1) is 5.82 Å². The predicted molar refractivity (Wildman–Crippen MR) is 91.5 cm³/mol. The van der Waals surface area contributed by atoms with Crippen LogP contribution in [0.3, 0.4) is 0 Å². The van der Waals surface area contributed by atoms with Gasteiger partial charge in [-0.15, -0.1) is 0 Å². The molecule has 0 saturated carbocycles. The molecule has 3 N–H and O–H groups in total. The van der Waals surface area contributed by atoms with E-state index in [-0.39, 0.29) is 34.8 Å². The second kappa shape index (κ2) is 7.12. The first-order valence-corrected chi connectivity index (χ1v) is 9.24. The summed E-state index contributed by atoms with van der Waals surface area (Å²) in [4.78, 5) is 12.3. The van der Waals surface area contributed by atoms with Gasteiger partial charge in [0, 0.05) is 29.9 Å². The minimum absolute atomic E-state index is 0.0261. The van der Waals surface area contributed by atoms with E-state index in [4.69, 9.17) is 5.11 Å². The number of rotatable bonds is 5. The Hall–Kier alpha value is -2.33. The lowest BCUT2D eigenvalue weighted by atomic mass is 10.1. The average molecular weight is 380 g/mol. The number of nitrogens with one attached hydrogen (secondary N) is 1. The van der Waals surface area contributed by atoms with E-state index >= 15 is 0 Å². The first kappa shape index (κ1) is 18.5. The third kappa shape index (κ3) is 3.61. The van der Waals surface area contributed by atoms with Crippen LogP contribution < -0.4 is 5.32 Å². The van der Waals surface area contributed by atoms with Crippen molar-refractivity contribution in [1.82, 2.24) is 4.31 Å².